The fourth-order valence-electron chi connectivity index (χ4n) is 3.94. The second-order valence-electron chi connectivity index (χ2n) is 8.95. The normalized spacial score (nSPS) is 11.4. The summed E-state index contributed by atoms with van der Waals surface area (Å²) in [5.74, 6) is 0.469. The van der Waals surface area contributed by atoms with E-state index >= 15 is 0 Å². The summed E-state index contributed by atoms with van der Waals surface area (Å²) < 4.78 is 44.2. The van der Waals surface area contributed by atoms with Crippen molar-refractivity contribution in [1.82, 2.24) is 4.90 Å². The van der Waals surface area contributed by atoms with E-state index in [9.17, 15) is 18.0 Å². The Morgan fingerprint density at radius 3 is 1.89 bits per heavy atom. The molecule has 195 valence electrons. The van der Waals surface area contributed by atoms with E-state index in [1.165, 1.54) is 12.1 Å². The van der Waals surface area contributed by atoms with Crippen molar-refractivity contribution in [2.24, 2.45) is 0 Å². The predicted octanol–water partition coefficient (Wildman–Crippen LogP) is 7.40. The van der Waals surface area contributed by atoms with Crippen LogP contribution in [0.1, 0.15) is 39.5 Å². The third-order valence-electron chi connectivity index (χ3n) is 6.12. The molecule has 0 bridgehead atoms. The van der Waals surface area contributed by atoms with Crippen LogP contribution in [0.4, 0.5) is 18.9 Å². The van der Waals surface area contributed by atoms with Crippen molar-refractivity contribution in [2.75, 3.05) is 11.9 Å². The molecule has 0 spiro atoms. The first-order chi connectivity index (χ1) is 18.3. The highest BCUT2D eigenvalue weighted by Crippen LogP contribution is 2.29. The topological polar surface area (TPSA) is 44.2 Å². The highest BCUT2D eigenvalue weighted by Gasteiger charge is 2.30. The molecule has 1 amide bonds. The molecule has 1 radical (unpaired) electrons. The SMILES string of the molecule is CC[N+](Cc1ccc(NC(=O)c2ccc(OCc3ccccc3)cc2)cc1)Cc1ccc(C(F)(F)F)cc1. The van der Waals surface area contributed by atoms with Crippen LogP contribution in [-0.4, -0.2) is 12.5 Å². The van der Waals surface area contributed by atoms with Crippen LogP contribution >= 0.6 is 0 Å². The van der Waals surface area contributed by atoms with Gasteiger partial charge in [-0.2, -0.15) is 18.1 Å². The number of carbonyl (C=O) groups excluding carboxylic acids is 1. The van der Waals surface area contributed by atoms with Crippen molar-refractivity contribution < 1.29 is 22.7 Å². The van der Waals surface area contributed by atoms with Crippen LogP contribution in [0.25, 0.3) is 0 Å². The van der Waals surface area contributed by atoms with E-state index in [1.807, 2.05) is 61.5 Å². The zero-order chi connectivity index (χ0) is 27.0. The van der Waals surface area contributed by atoms with Gasteiger partial charge in [-0.1, -0.05) is 54.6 Å². The largest absolute Gasteiger partial charge is 0.489 e. The highest BCUT2D eigenvalue weighted by molar-refractivity contribution is 6.04. The molecule has 7 heteroatoms. The summed E-state index contributed by atoms with van der Waals surface area (Å²) in [7, 11) is 0. The van der Waals surface area contributed by atoms with Gasteiger partial charge in [-0.15, -0.1) is 0 Å². The quantitative estimate of drug-likeness (QED) is 0.222. The van der Waals surface area contributed by atoms with E-state index in [0.29, 0.717) is 36.7 Å². The van der Waals surface area contributed by atoms with Gasteiger partial charge in [-0.05, 0) is 61.0 Å². The molecule has 38 heavy (non-hydrogen) atoms. The number of nitrogens with zero attached hydrogens (tertiary/aromatic N) is 1. The number of hydrogen-bond acceptors (Lipinski definition) is 3. The molecule has 0 atom stereocenters. The number of anilines is 1. The van der Waals surface area contributed by atoms with E-state index in [2.05, 4.69) is 10.2 Å². The molecule has 0 aliphatic carbocycles. The first-order valence-electron chi connectivity index (χ1n) is 12.4. The minimum absolute atomic E-state index is 0.218. The minimum atomic E-state index is -4.33. The summed E-state index contributed by atoms with van der Waals surface area (Å²) in [4.78, 5) is 14.8. The van der Waals surface area contributed by atoms with Crippen LogP contribution in [0, 0.1) is 0 Å². The minimum Gasteiger partial charge on any atom is -0.489 e. The number of carbonyl (C=O) groups is 1. The van der Waals surface area contributed by atoms with Gasteiger partial charge in [0.05, 0.1) is 5.56 Å². The Balaban J connectivity index is 1.28. The molecule has 0 unspecified atom stereocenters. The van der Waals surface area contributed by atoms with Gasteiger partial charge in [0.2, 0.25) is 0 Å². The molecule has 0 aromatic heterocycles. The Bertz CT molecular complexity index is 1300. The maximum Gasteiger partial charge on any atom is 0.416 e. The molecule has 4 aromatic rings. The maximum absolute atomic E-state index is 12.8. The molecule has 0 saturated heterocycles. The fourth-order valence-corrected chi connectivity index (χ4v) is 3.94. The number of amides is 1. The van der Waals surface area contributed by atoms with Gasteiger partial charge in [0.25, 0.3) is 5.91 Å². The smallest absolute Gasteiger partial charge is 0.416 e. The first-order valence-corrected chi connectivity index (χ1v) is 12.4. The molecule has 0 aliphatic rings. The average molecular weight is 519 g/mol. The molecule has 4 rings (SSSR count). The van der Waals surface area contributed by atoms with Crippen LogP contribution in [0.15, 0.2) is 103 Å². The third kappa shape index (κ3) is 7.70. The van der Waals surface area contributed by atoms with Crippen LogP contribution in [0.5, 0.6) is 5.75 Å². The summed E-state index contributed by atoms with van der Waals surface area (Å²) in [6.07, 6.45) is -4.33. The van der Waals surface area contributed by atoms with Gasteiger partial charge in [-0.3, -0.25) is 4.79 Å². The lowest BCUT2D eigenvalue weighted by Crippen LogP contribution is -2.28. The number of ether oxygens (including phenoxy) is 1. The summed E-state index contributed by atoms with van der Waals surface area (Å²) in [5.41, 5.74) is 3.48. The second-order valence-corrected chi connectivity index (χ2v) is 8.95. The van der Waals surface area contributed by atoms with Crippen molar-refractivity contribution in [2.45, 2.75) is 32.8 Å². The van der Waals surface area contributed by atoms with Crippen molar-refractivity contribution in [1.29, 1.82) is 0 Å². The number of hydrogen-bond donors (Lipinski definition) is 1. The number of rotatable bonds is 10. The first kappa shape index (κ1) is 26.9. The van der Waals surface area contributed by atoms with E-state index in [1.54, 1.807) is 24.3 Å². The van der Waals surface area contributed by atoms with Crippen LogP contribution in [0.3, 0.4) is 0 Å². The van der Waals surface area contributed by atoms with E-state index in [4.69, 9.17) is 4.74 Å². The standard InChI is InChI=1S/C31H29F3N2O2/c1-2-36(20-23-8-14-27(15-9-23)31(32,33)34)21-24-10-16-28(17-11-24)35-30(37)26-12-18-29(19-13-26)38-22-25-6-4-3-5-7-25/h3-19H,2,20-22H2,1H3,(H,35,37)/q+1. The third-order valence-corrected chi connectivity index (χ3v) is 6.12. The average Bonchev–Trinajstić information content (AvgIpc) is 2.93. The predicted molar refractivity (Wildman–Crippen MR) is 143 cm³/mol. The van der Waals surface area contributed by atoms with Crippen molar-refractivity contribution in [3.05, 3.63) is 131 Å². The van der Waals surface area contributed by atoms with Gasteiger partial charge in [0, 0.05) is 22.4 Å². The van der Waals surface area contributed by atoms with Crippen LogP contribution < -0.4 is 15.0 Å². The van der Waals surface area contributed by atoms with Gasteiger partial charge in [0.15, 0.2) is 0 Å². The second kappa shape index (κ2) is 12.4. The summed E-state index contributed by atoms with van der Waals surface area (Å²) in [6, 6.07) is 29.7. The molecule has 4 aromatic carbocycles. The number of benzene rings is 4. The lowest BCUT2D eigenvalue weighted by molar-refractivity contribution is -0.137. The highest BCUT2D eigenvalue weighted by atomic mass is 19.4. The molecular formula is C31H29F3N2O2+. The van der Waals surface area contributed by atoms with E-state index < -0.39 is 11.7 Å². The van der Waals surface area contributed by atoms with Crippen molar-refractivity contribution in [3.8, 4) is 5.75 Å². The maximum atomic E-state index is 12.8. The van der Waals surface area contributed by atoms with Gasteiger partial charge < -0.3 is 10.1 Å². The zero-order valence-corrected chi connectivity index (χ0v) is 21.0. The molecule has 0 aliphatic heterocycles. The Labute approximate surface area is 220 Å². The molecule has 1 N–H and O–H groups in total. The number of halogens is 3. The van der Waals surface area contributed by atoms with E-state index in [0.717, 1.165) is 35.4 Å². The Morgan fingerprint density at radius 2 is 1.34 bits per heavy atom. The van der Waals surface area contributed by atoms with Gasteiger partial charge >= 0.3 is 6.18 Å². The summed E-state index contributed by atoms with van der Waals surface area (Å²) in [6.45, 7) is 4.38. The van der Waals surface area contributed by atoms with Crippen molar-refractivity contribution in [3.63, 3.8) is 0 Å². The molecule has 0 heterocycles. The molecule has 0 fully saturated rings. The molecule has 0 saturated carbocycles. The molecular weight excluding hydrogens is 489 g/mol. The number of nitrogens with one attached hydrogen (secondary N) is 1. The lowest BCUT2D eigenvalue weighted by atomic mass is 10.1. The Hall–Kier alpha value is -4.10. The molecule has 4 nitrogen and oxygen atoms in total. The van der Waals surface area contributed by atoms with E-state index in [-0.39, 0.29) is 5.91 Å². The van der Waals surface area contributed by atoms with Gasteiger partial charge in [-0.25, -0.2) is 0 Å². The lowest BCUT2D eigenvalue weighted by Gasteiger charge is -2.13. The summed E-state index contributed by atoms with van der Waals surface area (Å²) >= 11 is 0. The zero-order valence-electron chi connectivity index (χ0n) is 21.0. The summed E-state index contributed by atoms with van der Waals surface area (Å²) in [5, 5.41) is 2.90. The fraction of sp³-hybridized carbons (Fsp3) is 0.194. The van der Waals surface area contributed by atoms with Gasteiger partial charge in [0.1, 0.15) is 32.0 Å². The number of alkyl halides is 3. The van der Waals surface area contributed by atoms with Crippen LogP contribution in [-0.2, 0) is 25.9 Å². The van der Waals surface area contributed by atoms with Crippen molar-refractivity contribution >= 4 is 11.6 Å². The Morgan fingerprint density at radius 1 is 0.763 bits per heavy atom. The Kier molecular flexibility index (Phi) is 8.81. The monoisotopic (exact) mass is 518 g/mol. The van der Waals surface area contributed by atoms with Crippen LogP contribution in [0.2, 0.25) is 0 Å².